The molecule has 0 N–H and O–H groups in total. The van der Waals surface area contributed by atoms with Gasteiger partial charge in [0.15, 0.2) is 0 Å². The molecule has 0 fully saturated rings. The third kappa shape index (κ3) is 2.96. The number of rotatable bonds is 2. The van der Waals surface area contributed by atoms with Gasteiger partial charge in [-0.1, -0.05) is 0 Å². The summed E-state index contributed by atoms with van der Waals surface area (Å²) in [7, 11) is 1.89. The van der Waals surface area contributed by atoms with Crippen LogP contribution in [0.4, 0.5) is 13.2 Å². The molecule has 2 aromatic rings. The molecule has 0 saturated heterocycles. The number of halogens is 3. The molecule has 1 aliphatic rings. The minimum Gasteiger partial charge on any atom is -0.293 e. The van der Waals surface area contributed by atoms with E-state index in [1.165, 1.54) is 6.20 Å². The summed E-state index contributed by atoms with van der Waals surface area (Å²) < 4.78 is 39.7. The maximum atomic E-state index is 12.6. The highest BCUT2D eigenvalue weighted by Gasteiger charge is 2.35. The monoisotopic (exact) mass is 311 g/mol. The minimum absolute atomic E-state index is 0.493. The highest BCUT2D eigenvalue weighted by atomic mass is 19.4. The van der Waals surface area contributed by atoms with Crippen LogP contribution in [0.15, 0.2) is 12.3 Å². The summed E-state index contributed by atoms with van der Waals surface area (Å²) >= 11 is 0. The summed E-state index contributed by atoms with van der Waals surface area (Å²) in [5.74, 6) is -1.06. The van der Waals surface area contributed by atoms with Crippen molar-refractivity contribution in [3.05, 3.63) is 40.7 Å². The Kier molecular flexibility index (Phi) is 3.64. The Morgan fingerprint density at radius 2 is 2.09 bits per heavy atom. The molecule has 5 nitrogen and oxygen atoms in total. The number of hydrogen-bond donors (Lipinski definition) is 0. The molecule has 0 atom stereocenters. The van der Waals surface area contributed by atoms with Crippen molar-refractivity contribution < 1.29 is 13.2 Å². The lowest BCUT2D eigenvalue weighted by atomic mass is 10.1. The molecule has 0 unspecified atom stereocenters. The van der Waals surface area contributed by atoms with Gasteiger partial charge >= 0.3 is 6.18 Å². The first-order valence-electron chi connectivity index (χ1n) is 6.97. The maximum Gasteiger partial charge on any atom is 0.451 e. The molecule has 0 saturated carbocycles. The van der Waals surface area contributed by atoms with E-state index in [9.17, 15) is 13.2 Å². The number of alkyl halides is 3. The Hall–Kier alpha value is -1.96. The first-order chi connectivity index (χ1) is 10.3. The zero-order chi connectivity index (χ0) is 15.9. The second-order valence-electron chi connectivity index (χ2n) is 5.52. The molecule has 3 heterocycles. The van der Waals surface area contributed by atoms with Crippen molar-refractivity contribution in [2.24, 2.45) is 7.05 Å². The van der Waals surface area contributed by atoms with Gasteiger partial charge in [0.25, 0.3) is 0 Å². The molecule has 118 valence electrons. The summed E-state index contributed by atoms with van der Waals surface area (Å²) in [5.41, 5.74) is 3.28. The second-order valence-corrected chi connectivity index (χ2v) is 5.52. The quantitative estimate of drug-likeness (QED) is 0.852. The van der Waals surface area contributed by atoms with Crippen LogP contribution in [0.1, 0.15) is 28.5 Å². The third-order valence-electron chi connectivity index (χ3n) is 3.82. The lowest BCUT2D eigenvalue weighted by Gasteiger charge is -2.27. The predicted molar refractivity (Wildman–Crippen MR) is 72.8 cm³/mol. The molecular weight excluding hydrogens is 295 g/mol. The Morgan fingerprint density at radius 1 is 1.32 bits per heavy atom. The number of aromatic nitrogens is 4. The fourth-order valence-electron chi connectivity index (χ4n) is 2.59. The largest absolute Gasteiger partial charge is 0.451 e. The van der Waals surface area contributed by atoms with Crippen molar-refractivity contribution in [3.8, 4) is 0 Å². The van der Waals surface area contributed by atoms with Crippen molar-refractivity contribution in [2.75, 3.05) is 6.54 Å². The molecule has 0 aromatic carbocycles. The lowest BCUT2D eigenvalue weighted by molar-refractivity contribution is -0.145. The van der Waals surface area contributed by atoms with Gasteiger partial charge in [-0.25, -0.2) is 9.97 Å². The van der Waals surface area contributed by atoms with Gasteiger partial charge in [0, 0.05) is 50.6 Å². The van der Waals surface area contributed by atoms with Crippen molar-refractivity contribution in [1.29, 1.82) is 0 Å². The van der Waals surface area contributed by atoms with E-state index < -0.39 is 12.0 Å². The van der Waals surface area contributed by atoms with Crippen LogP contribution >= 0.6 is 0 Å². The normalized spacial score (nSPS) is 15.9. The molecule has 1 aliphatic heterocycles. The van der Waals surface area contributed by atoms with Crippen molar-refractivity contribution in [2.45, 2.75) is 32.6 Å². The van der Waals surface area contributed by atoms with E-state index in [-0.39, 0.29) is 0 Å². The van der Waals surface area contributed by atoms with Gasteiger partial charge in [0.05, 0.1) is 11.4 Å². The number of hydrogen-bond acceptors (Lipinski definition) is 4. The van der Waals surface area contributed by atoms with E-state index in [0.717, 1.165) is 17.0 Å². The van der Waals surface area contributed by atoms with Gasteiger partial charge in [0.2, 0.25) is 5.82 Å². The molecule has 0 radical (unpaired) electrons. The van der Waals surface area contributed by atoms with Crippen LogP contribution < -0.4 is 0 Å². The fraction of sp³-hybridized carbons (Fsp3) is 0.500. The first kappa shape index (κ1) is 15.0. The maximum absolute atomic E-state index is 12.6. The van der Waals surface area contributed by atoms with Crippen LogP contribution in [-0.2, 0) is 32.7 Å². The molecule has 0 amide bonds. The van der Waals surface area contributed by atoms with Crippen molar-refractivity contribution >= 4 is 0 Å². The van der Waals surface area contributed by atoms with Crippen LogP contribution in [0.5, 0.6) is 0 Å². The van der Waals surface area contributed by atoms with Crippen LogP contribution in [0.2, 0.25) is 0 Å². The molecule has 2 aromatic heterocycles. The minimum atomic E-state index is -4.49. The van der Waals surface area contributed by atoms with Crippen molar-refractivity contribution in [1.82, 2.24) is 24.6 Å². The average molecular weight is 311 g/mol. The van der Waals surface area contributed by atoms with Crippen LogP contribution in [-0.4, -0.2) is 31.2 Å². The van der Waals surface area contributed by atoms with E-state index in [1.54, 1.807) is 0 Å². The number of aryl methyl sites for hydroxylation is 2. The first-order valence-corrected chi connectivity index (χ1v) is 6.97. The predicted octanol–water partition coefficient (Wildman–Crippen LogP) is 2.10. The standard InChI is InChI=1S/C14H16F3N5/c1-9-5-11(20-21(9)2)8-22-4-3-12-10(7-22)6-18-13(19-12)14(15,16)17/h5-6H,3-4,7-8H2,1-2H3. The van der Waals surface area contributed by atoms with E-state index in [4.69, 9.17) is 0 Å². The van der Waals surface area contributed by atoms with Gasteiger partial charge in [-0.05, 0) is 13.0 Å². The third-order valence-corrected chi connectivity index (χ3v) is 3.82. The van der Waals surface area contributed by atoms with Gasteiger partial charge in [-0.15, -0.1) is 0 Å². The topological polar surface area (TPSA) is 46.8 Å². The fourth-order valence-corrected chi connectivity index (χ4v) is 2.59. The van der Waals surface area contributed by atoms with Crippen LogP contribution in [0, 0.1) is 6.92 Å². The highest BCUT2D eigenvalue weighted by Crippen LogP contribution is 2.27. The molecule has 3 rings (SSSR count). The van der Waals surface area contributed by atoms with Crippen LogP contribution in [0.3, 0.4) is 0 Å². The second kappa shape index (κ2) is 5.35. The molecule has 0 bridgehead atoms. The van der Waals surface area contributed by atoms with E-state index in [0.29, 0.717) is 31.7 Å². The summed E-state index contributed by atoms with van der Waals surface area (Å²) in [4.78, 5) is 9.24. The highest BCUT2D eigenvalue weighted by molar-refractivity contribution is 5.21. The van der Waals surface area contributed by atoms with Crippen molar-refractivity contribution in [3.63, 3.8) is 0 Å². The van der Waals surface area contributed by atoms with E-state index in [1.807, 2.05) is 24.7 Å². The summed E-state index contributed by atoms with van der Waals surface area (Å²) in [6.45, 7) is 3.86. The lowest BCUT2D eigenvalue weighted by Crippen LogP contribution is -2.31. The molecule has 0 aliphatic carbocycles. The summed E-state index contributed by atoms with van der Waals surface area (Å²) in [6, 6.07) is 2.01. The Morgan fingerprint density at radius 3 is 2.73 bits per heavy atom. The molecular formula is C14H16F3N5. The van der Waals surface area contributed by atoms with Gasteiger partial charge in [-0.2, -0.15) is 18.3 Å². The number of fused-ring (bicyclic) bond motifs is 1. The zero-order valence-corrected chi connectivity index (χ0v) is 12.4. The molecule has 22 heavy (non-hydrogen) atoms. The van der Waals surface area contributed by atoms with Crippen LogP contribution in [0.25, 0.3) is 0 Å². The van der Waals surface area contributed by atoms with Gasteiger partial charge < -0.3 is 0 Å². The number of nitrogens with zero attached hydrogens (tertiary/aromatic N) is 5. The van der Waals surface area contributed by atoms with E-state index >= 15 is 0 Å². The van der Waals surface area contributed by atoms with E-state index in [2.05, 4.69) is 20.0 Å². The SMILES string of the molecule is Cc1cc(CN2CCc3nc(C(F)(F)F)ncc3C2)nn1C. The molecule has 0 spiro atoms. The smallest absolute Gasteiger partial charge is 0.293 e. The van der Waals surface area contributed by atoms with Gasteiger partial charge in [0.1, 0.15) is 0 Å². The van der Waals surface area contributed by atoms with Gasteiger partial charge in [-0.3, -0.25) is 9.58 Å². The molecule has 8 heteroatoms. The zero-order valence-electron chi connectivity index (χ0n) is 12.4. The Balaban J connectivity index is 1.74. The Labute approximate surface area is 125 Å². The summed E-state index contributed by atoms with van der Waals surface area (Å²) in [6.07, 6.45) is -2.70. The Bertz CT molecular complexity index is 673. The average Bonchev–Trinajstić information content (AvgIpc) is 2.75. The summed E-state index contributed by atoms with van der Waals surface area (Å²) in [5, 5.41) is 4.40.